The quantitative estimate of drug-likeness (QED) is 0.802. The minimum Gasteiger partial charge on any atom is -0.493 e. The number of nitrogens with one attached hydrogen (secondary N) is 1. The molecule has 0 unspecified atom stereocenters. The van der Waals surface area contributed by atoms with E-state index >= 15 is 0 Å². The Kier molecular flexibility index (Phi) is 3.82. The molecule has 0 fully saturated rings. The lowest BCUT2D eigenvalue weighted by molar-refractivity contribution is 0.252. The van der Waals surface area contributed by atoms with Gasteiger partial charge in [0, 0.05) is 37.0 Å². The molecule has 2 aromatic carbocycles. The van der Waals surface area contributed by atoms with Crippen molar-refractivity contribution >= 4 is 0 Å². The Balaban J connectivity index is 1.44. The van der Waals surface area contributed by atoms with Crippen LogP contribution in [0.4, 0.5) is 0 Å². The maximum Gasteiger partial charge on any atom is 0.124 e. The molecule has 1 aliphatic rings. The fraction of sp³-hybridized carbons (Fsp3) is 0.211. The normalized spacial score (nSPS) is 16.6. The maximum absolute atomic E-state index is 5.71. The first kappa shape index (κ1) is 14.0. The number of fused-ring (bicyclic) bond motifs is 1. The van der Waals surface area contributed by atoms with Crippen LogP contribution in [0.15, 0.2) is 67.0 Å². The summed E-state index contributed by atoms with van der Waals surface area (Å²) in [6.07, 6.45) is 4.74. The molecule has 0 bridgehead atoms. The van der Waals surface area contributed by atoms with Gasteiger partial charge in [-0.25, -0.2) is 4.68 Å². The monoisotopic (exact) mass is 305 g/mol. The highest BCUT2D eigenvalue weighted by Crippen LogP contribution is 2.31. The Morgan fingerprint density at radius 1 is 1.09 bits per heavy atom. The van der Waals surface area contributed by atoms with E-state index < -0.39 is 0 Å². The molecule has 0 saturated heterocycles. The molecular weight excluding hydrogens is 286 g/mol. The van der Waals surface area contributed by atoms with Gasteiger partial charge < -0.3 is 10.1 Å². The van der Waals surface area contributed by atoms with Crippen LogP contribution in [-0.4, -0.2) is 16.4 Å². The van der Waals surface area contributed by atoms with E-state index in [9.17, 15) is 0 Å². The Labute approximate surface area is 135 Å². The minimum absolute atomic E-state index is 0.353. The van der Waals surface area contributed by atoms with Gasteiger partial charge in [-0.3, -0.25) is 0 Å². The van der Waals surface area contributed by atoms with Gasteiger partial charge >= 0.3 is 0 Å². The second kappa shape index (κ2) is 6.26. The first-order valence-corrected chi connectivity index (χ1v) is 7.94. The summed E-state index contributed by atoms with van der Waals surface area (Å²) in [6.45, 7) is 1.62. The van der Waals surface area contributed by atoms with Gasteiger partial charge in [0.1, 0.15) is 5.75 Å². The number of rotatable bonds is 4. The topological polar surface area (TPSA) is 39.1 Å². The van der Waals surface area contributed by atoms with Gasteiger partial charge in [0.25, 0.3) is 0 Å². The summed E-state index contributed by atoms with van der Waals surface area (Å²) in [4.78, 5) is 0. The van der Waals surface area contributed by atoms with Gasteiger partial charge in [0.2, 0.25) is 0 Å². The lowest BCUT2D eigenvalue weighted by Gasteiger charge is -2.26. The number of benzene rings is 2. The van der Waals surface area contributed by atoms with Crippen LogP contribution in [0.1, 0.15) is 23.6 Å². The highest BCUT2D eigenvalue weighted by atomic mass is 16.5. The average molecular weight is 305 g/mol. The fourth-order valence-electron chi connectivity index (χ4n) is 2.98. The molecule has 116 valence electrons. The van der Waals surface area contributed by atoms with E-state index in [0.717, 1.165) is 31.0 Å². The number of ether oxygens (including phenoxy) is 1. The molecule has 0 amide bonds. The van der Waals surface area contributed by atoms with Gasteiger partial charge in [-0.2, -0.15) is 5.10 Å². The van der Waals surface area contributed by atoms with Crippen molar-refractivity contribution in [3.8, 4) is 11.4 Å². The Morgan fingerprint density at radius 2 is 1.96 bits per heavy atom. The number of nitrogens with zero attached hydrogens (tertiary/aromatic N) is 2. The molecule has 4 nitrogen and oxygen atoms in total. The molecule has 0 aliphatic carbocycles. The number of hydrogen-bond donors (Lipinski definition) is 1. The van der Waals surface area contributed by atoms with Gasteiger partial charge in [0.05, 0.1) is 12.3 Å². The zero-order chi connectivity index (χ0) is 15.5. The van der Waals surface area contributed by atoms with Crippen LogP contribution in [0.3, 0.4) is 0 Å². The van der Waals surface area contributed by atoms with Crippen LogP contribution in [-0.2, 0) is 6.54 Å². The van der Waals surface area contributed by atoms with E-state index in [0.29, 0.717) is 6.04 Å². The van der Waals surface area contributed by atoms with E-state index in [1.807, 2.05) is 29.1 Å². The molecule has 4 heteroatoms. The summed E-state index contributed by atoms with van der Waals surface area (Å²) in [6, 6.07) is 19.1. The molecule has 0 saturated carbocycles. The van der Waals surface area contributed by atoms with E-state index in [4.69, 9.17) is 4.74 Å². The summed E-state index contributed by atoms with van der Waals surface area (Å²) >= 11 is 0. The zero-order valence-electron chi connectivity index (χ0n) is 12.9. The molecule has 23 heavy (non-hydrogen) atoms. The van der Waals surface area contributed by atoms with Crippen molar-refractivity contribution < 1.29 is 4.74 Å². The first-order chi connectivity index (χ1) is 11.4. The third-order valence-corrected chi connectivity index (χ3v) is 4.22. The summed E-state index contributed by atoms with van der Waals surface area (Å²) in [5.41, 5.74) is 3.60. The predicted octanol–water partition coefficient (Wildman–Crippen LogP) is 3.49. The molecule has 0 spiro atoms. The highest BCUT2D eigenvalue weighted by Gasteiger charge is 2.20. The van der Waals surface area contributed by atoms with Crippen molar-refractivity contribution in [1.29, 1.82) is 0 Å². The van der Waals surface area contributed by atoms with Gasteiger partial charge in [-0.05, 0) is 29.8 Å². The second-order valence-electron chi connectivity index (χ2n) is 5.73. The minimum atomic E-state index is 0.353. The molecule has 4 rings (SSSR count). The lowest BCUT2D eigenvalue weighted by atomic mass is 10.0. The van der Waals surface area contributed by atoms with Crippen LogP contribution < -0.4 is 10.1 Å². The Hall–Kier alpha value is -2.59. The summed E-state index contributed by atoms with van der Waals surface area (Å²) in [5.74, 6) is 1.00. The molecule has 3 aromatic rings. The second-order valence-corrected chi connectivity index (χ2v) is 5.73. The fourth-order valence-corrected chi connectivity index (χ4v) is 2.98. The Morgan fingerprint density at radius 3 is 2.78 bits per heavy atom. The van der Waals surface area contributed by atoms with Gasteiger partial charge in [-0.15, -0.1) is 0 Å². The molecule has 1 N–H and O–H groups in total. The summed E-state index contributed by atoms with van der Waals surface area (Å²) in [5, 5.41) is 7.89. The van der Waals surface area contributed by atoms with Crippen molar-refractivity contribution in [3.05, 3.63) is 78.1 Å². The van der Waals surface area contributed by atoms with Crippen LogP contribution in [0, 0.1) is 0 Å². The highest BCUT2D eigenvalue weighted by molar-refractivity contribution is 5.38. The van der Waals surface area contributed by atoms with E-state index in [1.54, 1.807) is 6.20 Å². The standard InChI is InChI=1S/C19H19N3O/c1-2-5-19-17(4-1)18(10-13-23-19)20-14-15-6-8-16(9-7-15)22-12-3-11-21-22/h1-9,11-12,18,20H,10,13-14H2/t18-/m1/s1. The third kappa shape index (κ3) is 2.98. The average Bonchev–Trinajstić information content (AvgIpc) is 3.15. The van der Waals surface area contributed by atoms with Crippen molar-refractivity contribution in [1.82, 2.24) is 15.1 Å². The van der Waals surface area contributed by atoms with Crippen molar-refractivity contribution in [2.45, 2.75) is 19.0 Å². The van der Waals surface area contributed by atoms with Crippen LogP contribution in [0.25, 0.3) is 5.69 Å². The first-order valence-electron chi connectivity index (χ1n) is 7.94. The summed E-state index contributed by atoms with van der Waals surface area (Å²) in [7, 11) is 0. The molecule has 1 atom stereocenters. The molecule has 1 aliphatic heterocycles. The van der Waals surface area contributed by atoms with Gasteiger partial charge in [-0.1, -0.05) is 30.3 Å². The van der Waals surface area contributed by atoms with E-state index in [2.05, 4.69) is 46.8 Å². The molecule has 0 radical (unpaired) electrons. The lowest BCUT2D eigenvalue weighted by Crippen LogP contribution is -2.26. The third-order valence-electron chi connectivity index (χ3n) is 4.22. The maximum atomic E-state index is 5.71. The van der Waals surface area contributed by atoms with Gasteiger partial charge in [0.15, 0.2) is 0 Å². The summed E-state index contributed by atoms with van der Waals surface area (Å²) < 4.78 is 7.58. The zero-order valence-corrected chi connectivity index (χ0v) is 12.9. The smallest absolute Gasteiger partial charge is 0.124 e. The van der Waals surface area contributed by atoms with Crippen molar-refractivity contribution in [3.63, 3.8) is 0 Å². The van der Waals surface area contributed by atoms with E-state index in [-0.39, 0.29) is 0 Å². The largest absolute Gasteiger partial charge is 0.493 e. The predicted molar refractivity (Wildman–Crippen MR) is 89.7 cm³/mol. The number of hydrogen-bond acceptors (Lipinski definition) is 3. The van der Waals surface area contributed by atoms with Crippen LogP contribution in [0.2, 0.25) is 0 Å². The van der Waals surface area contributed by atoms with E-state index in [1.165, 1.54) is 11.1 Å². The van der Waals surface area contributed by atoms with Crippen LogP contribution >= 0.6 is 0 Å². The number of aromatic nitrogens is 2. The Bertz CT molecular complexity index is 766. The molecule has 1 aromatic heterocycles. The molecule has 2 heterocycles. The van der Waals surface area contributed by atoms with Crippen molar-refractivity contribution in [2.75, 3.05) is 6.61 Å². The molecular formula is C19H19N3O. The van der Waals surface area contributed by atoms with Crippen LogP contribution in [0.5, 0.6) is 5.75 Å². The number of para-hydroxylation sites is 1. The van der Waals surface area contributed by atoms with Crippen molar-refractivity contribution in [2.24, 2.45) is 0 Å². The SMILES string of the molecule is c1ccc2c(c1)OCC[C@H]2NCc1ccc(-n2cccn2)cc1.